The smallest absolute Gasteiger partial charge is 0.410 e. The summed E-state index contributed by atoms with van der Waals surface area (Å²) >= 11 is 0. The maximum atomic E-state index is 12.1. The quantitative estimate of drug-likeness (QED) is 0.921. The molecule has 0 spiro atoms. The zero-order valence-electron chi connectivity index (χ0n) is 13.2. The van der Waals surface area contributed by atoms with Gasteiger partial charge in [0.25, 0.3) is 0 Å². The number of halogens is 1. The Morgan fingerprint density at radius 1 is 1.41 bits per heavy atom. The number of nitrogens with two attached hydrogens (primary N) is 1. The third-order valence-corrected chi connectivity index (χ3v) is 3.90. The molecule has 1 aliphatic heterocycles. The number of methoxy groups -OCH3 is 1. The van der Waals surface area contributed by atoms with Gasteiger partial charge in [0.1, 0.15) is 5.75 Å². The summed E-state index contributed by atoms with van der Waals surface area (Å²) in [7, 11) is 1.65. The van der Waals surface area contributed by atoms with Crippen LogP contribution in [0.2, 0.25) is 0 Å². The number of rotatable bonds is 4. The minimum atomic E-state index is -0.243. The monoisotopic (exact) mass is 328 g/mol. The highest BCUT2D eigenvalue weighted by Gasteiger charge is 2.30. The molecular formula is C16H25ClN2O3. The molecule has 1 unspecified atom stereocenters. The second-order valence-corrected chi connectivity index (χ2v) is 5.18. The Labute approximate surface area is 138 Å². The third kappa shape index (κ3) is 4.05. The lowest BCUT2D eigenvalue weighted by atomic mass is 9.94. The van der Waals surface area contributed by atoms with E-state index < -0.39 is 0 Å². The van der Waals surface area contributed by atoms with Gasteiger partial charge >= 0.3 is 6.09 Å². The van der Waals surface area contributed by atoms with Crippen molar-refractivity contribution in [2.45, 2.75) is 38.8 Å². The zero-order valence-corrected chi connectivity index (χ0v) is 14.0. The minimum Gasteiger partial charge on any atom is -0.496 e. The Balaban J connectivity index is 0.00000242. The first kappa shape index (κ1) is 18.6. The topological polar surface area (TPSA) is 64.8 Å². The number of amides is 1. The van der Waals surface area contributed by atoms with Crippen LogP contribution in [-0.4, -0.2) is 31.3 Å². The van der Waals surface area contributed by atoms with E-state index >= 15 is 0 Å². The van der Waals surface area contributed by atoms with Crippen LogP contribution in [0.1, 0.15) is 43.4 Å². The van der Waals surface area contributed by atoms with Crippen molar-refractivity contribution in [1.29, 1.82) is 0 Å². The van der Waals surface area contributed by atoms with Crippen LogP contribution in [0.3, 0.4) is 0 Å². The lowest BCUT2D eigenvalue weighted by molar-refractivity contribution is 0.0760. The molecule has 1 amide bonds. The van der Waals surface area contributed by atoms with E-state index in [1.54, 1.807) is 7.11 Å². The van der Waals surface area contributed by atoms with Gasteiger partial charge in [0.05, 0.1) is 19.8 Å². The Kier molecular flexibility index (Phi) is 7.48. The molecule has 1 aliphatic rings. The number of nitrogens with zero attached hydrogens (tertiary/aromatic N) is 1. The molecule has 1 heterocycles. The number of hydrogen-bond acceptors (Lipinski definition) is 4. The molecule has 124 valence electrons. The Morgan fingerprint density at radius 2 is 2.18 bits per heavy atom. The van der Waals surface area contributed by atoms with Gasteiger partial charge in [-0.25, -0.2) is 4.79 Å². The van der Waals surface area contributed by atoms with Gasteiger partial charge in [0, 0.05) is 18.7 Å². The van der Waals surface area contributed by atoms with Gasteiger partial charge in [-0.05, 0) is 37.8 Å². The fourth-order valence-electron chi connectivity index (χ4n) is 2.84. The lowest BCUT2D eigenvalue weighted by Gasteiger charge is -2.35. The van der Waals surface area contributed by atoms with E-state index in [0.29, 0.717) is 13.2 Å². The number of carbonyl (C=O) groups is 1. The molecule has 1 saturated heterocycles. The van der Waals surface area contributed by atoms with Crippen molar-refractivity contribution < 1.29 is 14.3 Å². The summed E-state index contributed by atoms with van der Waals surface area (Å²) in [4.78, 5) is 14.0. The molecule has 5 nitrogen and oxygen atoms in total. The predicted molar refractivity (Wildman–Crippen MR) is 88.5 cm³/mol. The highest BCUT2D eigenvalue weighted by atomic mass is 35.5. The van der Waals surface area contributed by atoms with E-state index in [9.17, 15) is 4.79 Å². The Bertz CT molecular complexity index is 496. The normalized spacial score (nSPS) is 17.6. The van der Waals surface area contributed by atoms with E-state index in [1.165, 1.54) is 0 Å². The first-order chi connectivity index (χ1) is 10.2. The maximum absolute atomic E-state index is 12.1. The van der Waals surface area contributed by atoms with Gasteiger partial charge in [-0.1, -0.05) is 12.1 Å². The van der Waals surface area contributed by atoms with E-state index in [-0.39, 0.29) is 24.5 Å². The van der Waals surface area contributed by atoms with Gasteiger partial charge in [-0.3, -0.25) is 0 Å². The molecule has 1 aromatic rings. The molecule has 6 heteroatoms. The number of hydrogen-bond donors (Lipinski definition) is 1. The highest BCUT2D eigenvalue weighted by Crippen LogP contribution is 2.36. The first-order valence-electron chi connectivity index (χ1n) is 7.51. The van der Waals surface area contributed by atoms with Gasteiger partial charge < -0.3 is 20.1 Å². The summed E-state index contributed by atoms with van der Waals surface area (Å²) in [5.74, 6) is 0.791. The summed E-state index contributed by atoms with van der Waals surface area (Å²) < 4.78 is 10.7. The molecule has 22 heavy (non-hydrogen) atoms. The second-order valence-electron chi connectivity index (χ2n) is 5.18. The molecule has 0 saturated carbocycles. The summed E-state index contributed by atoms with van der Waals surface area (Å²) in [6.07, 6.45) is 2.80. The van der Waals surface area contributed by atoms with Crippen molar-refractivity contribution in [3.8, 4) is 5.75 Å². The highest BCUT2D eigenvalue weighted by molar-refractivity contribution is 5.85. The van der Waals surface area contributed by atoms with Crippen molar-refractivity contribution in [1.82, 2.24) is 4.90 Å². The number of carbonyl (C=O) groups excluding carboxylic acids is 1. The molecule has 0 aliphatic carbocycles. The number of benzene rings is 1. The molecule has 0 bridgehead atoms. The molecule has 1 fully saturated rings. The SMILES string of the molecule is CCOC(=O)N1CCCCC1c1ccc(CN)cc1OC.Cl. The van der Waals surface area contributed by atoms with Gasteiger partial charge in [-0.15, -0.1) is 12.4 Å². The van der Waals surface area contributed by atoms with Crippen molar-refractivity contribution in [3.63, 3.8) is 0 Å². The predicted octanol–water partition coefficient (Wildman–Crippen LogP) is 3.26. The van der Waals surface area contributed by atoms with Gasteiger partial charge in [0.15, 0.2) is 0 Å². The van der Waals surface area contributed by atoms with Crippen LogP contribution in [0.25, 0.3) is 0 Å². The average molecular weight is 329 g/mol. The second kappa shape index (κ2) is 8.86. The van der Waals surface area contributed by atoms with Crippen molar-refractivity contribution in [2.24, 2.45) is 5.73 Å². The third-order valence-electron chi connectivity index (χ3n) is 3.90. The van der Waals surface area contributed by atoms with Crippen molar-refractivity contribution in [2.75, 3.05) is 20.3 Å². The molecule has 0 aromatic heterocycles. The first-order valence-corrected chi connectivity index (χ1v) is 7.51. The summed E-state index contributed by atoms with van der Waals surface area (Å²) in [5.41, 5.74) is 7.73. The van der Waals surface area contributed by atoms with Crippen LogP contribution < -0.4 is 10.5 Å². The average Bonchev–Trinajstić information content (AvgIpc) is 2.54. The molecule has 1 aromatic carbocycles. The fraction of sp³-hybridized carbons (Fsp3) is 0.562. The van der Waals surface area contributed by atoms with Crippen LogP contribution in [0.5, 0.6) is 5.75 Å². The molecular weight excluding hydrogens is 304 g/mol. The summed E-state index contributed by atoms with van der Waals surface area (Å²) in [6.45, 7) is 3.42. The largest absolute Gasteiger partial charge is 0.496 e. The molecule has 1 atom stereocenters. The van der Waals surface area contributed by atoms with Crippen LogP contribution in [0.15, 0.2) is 18.2 Å². The van der Waals surface area contributed by atoms with Gasteiger partial charge in [-0.2, -0.15) is 0 Å². The van der Waals surface area contributed by atoms with Crippen LogP contribution in [0, 0.1) is 0 Å². The molecule has 2 rings (SSSR count). The van der Waals surface area contributed by atoms with E-state index in [2.05, 4.69) is 0 Å². The van der Waals surface area contributed by atoms with E-state index in [4.69, 9.17) is 15.2 Å². The Morgan fingerprint density at radius 3 is 2.82 bits per heavy atom. The van der Waals surface area contributed by atoms with E-state index in [0.717, 1.165) is 42.7 Å². The standard InChI is InChI=1S/C16H24N2O3.ClH/c1-3-21-16(19)18-9-5-4-6-14(18)13-8-7-12(11-17)10-15(13)20-2;/h7-8,10,14H,3-6,9,11,17H2,1-2H3;1H. The summed E-state index contributed by atoms with van der Waals surface area (Å²) in [6, 6.07) is 5.98. The summed E-state index contributed by atoms with van der Waals surface area (Å²) in [5, 5.41) is 0. The Hall–Kier alpha value is -1.46. The van der Waals surface area contributed by atoms with Crippen LogP contribution in [-0.2, 0) is 11.3 Å². The van der Waals surface area contributed by atoms with Gasteiger partial charge in [0.2, 0.25) is 0 Å². The number of ether oxygens (including phenoxy) is 2. The van der Waals surface area contributed by atoms with Crippen molar-refractivity contribution >= 4 is 18.5 Å². The van der Waals surface area contributed by atoms with E-state index in [1.807, 2.05) is 30.0 Å². The lowest BCUT2D eigenvalue weighted by Crippen LogP contribution is -2.39. The minimum absolute atomic E-state index is 0. The number of likely N-dealkylation sites (tertiary alicyclic amines) is 1. The molecule has 0 radical (unpaired) electrons. The zero-order chi connectivity index (χ0) is 15.2. The van der Waals surface area contributed by atoms with Crippen molar-refractivity contribution in [3.05, 3.63) is 29.3 Å². The van der Waals surface area contributed by atoms with Crippen LogP contribution >= 0.6 is 12.4 Å². The number of piperidine rings is 1. The maximum Gasteiger partial charge on any atom is 0.410 e. The molecule has 2 N–H and O–H groups in total. The fourth-order valence-corrected chi connectivity index (χ4v) is 2.84. The van der Waals surface area contributed by atoms with Crippen LogP contribution in [0.4, 0.5) is 4.79 Å².